The molecule has 0 aromatic heterocycles. The minimum atomic E-state index is -4.51. The van der Waals surface area contributed by atoms with Gasteiger partial charge in [0.15, 0.2) is 0 Å². The van der Waals surface area contributed by atoms with Crippen molar-refractivity contribution >= 4 is 11.8 Å². The van der Waals surface area contributed by atoms with Crippen LogP contribution in [0.5, 0.6) is 0 Å². The molecule has 1 atom stereocenters. The van der Waals surface area contributed by atoms with E-state index in [1.807, 2.05) is 0 Å². The van der Waals surface area contributed by atoms with Crippen LogP contribution in [-0.2, 0) is 26.9 Å². The second-order valence-electron chi connectivity index (χ2n) is 5.62. The van der Waals surface area contributed by atoms with Crippen LogP contribution in [0, 0.1) is 0 Å². The Balaban J connectivity index is 1.89. The van der Waals surface area contributed by atoms with Crippen molar-refractivity contribution in [2.24, 2.45) is 0 Å². The molecule has 0 bridgehead atoms. The maximum absolute atomic E-state index is 12.9. The third kappa shape index (κ3) is 5.32. The number of halogens is 3. The number of hydrogen-bond acceptors (Lipinski definition) is 3. The lowest BCUT2D eigenvalue weighted by atomic mass is 10.0. The molecule has 0 radical (unpaired) electrons. The van der Waals surface area contributed by atoms with Gasteiger partial charge in [-0.05, 0) is 17.7 Å². The van der Waals surface area contributed by atoms with Gasteiger partial charge in [0.05, 0.1) is 24.7 Å². The highest BCUT2D eigenvalue weighted by atomic mass is 19.4. The predicted molar refractivity (Wildman–Crippen MR) is 84.7 cm³/mol. The second-order valence-corrected chi connectivity index (χ2v) is 5.62. The van der Waals surface area contributed by atoms with Crippen LogP contribution in [0.2, 0.25) is 0 Å². The van der Waals surface area contributed by atoms with Crippen LogP contribution in [-0.4, -0.2) is 49.1 Å². The molecular weight excluding hydrogens is 337 g/mol. The fourth-order valence-electron chi connectivity index (χ4n) is 2.59. The Kier molecular flexibility index (Phi) is 6.19. The molecule has 0 saturated carbocycles. The normalized spacial score (nSPS) is 17.9. The number of hydrogen-bond donors (Lipinski definition) is 1. The fraction of sp³-hybridized carbons (Fsp3) is 0.412. The number of carbonyl (C=O) groups is 2. The minimum absolute atomic E-state index is 0.0828. The van der Waals surface area contributed by atoms with Crippen LogP contribution < -0.4 is 5.32 Å². The standard InChI is InChI=1S/C17H19F3N2O3/c1-2-16(24)22-7-8-25-13(11-22)10-21-15(23)9-12-5-3-4-6-14(12)17(18,19)20/h2-6,13H,1,7-11H2,(H,21,23). The van der Waals surface area contributed by atoms with E-state index in [4.69, 9.17) is 4.74 Å². The van der Waals surface area contributed by atoms with Crippen molar-refractivity contribution in [2.75, 3.05) is 26.2 Å². The zero-order valence-corrected chi connectivity index (χ0v) is 13.5. The maximum Gasteiger partial charge on any atom is 0.416 e. The number of alkyl halides is 3. The summed E-state index contributed by atoms with van der Waals surface area (Å²) in [5, 5.41) is 2.56. The first kappa shape index (κ1) is 19.0. The quantitative estimate of drug-likeness (QED) is 0.819. The summed E-state index contributed by atoms with van der Waals surface area (Å²) in [5.41, 5.74) is -0.901. The van der Waals surface area contributed by atoms with E-state index in [0.29, 0.717) is 19.7 Å². The van der Waals surface area contributed by atoms with Crippen LogP contribution in [0.3, 0.4) is 0 Å². The highest BCUT2D eigenvalue weighted by Gasteiger charge is 2.33. The van der Waals surface area contributed by atoms with Crippen molar-refractivity contribution in [1.29, 1.82) is 0 Å². The first-order valence-corrected chi connectivity index (χ1v) is 7.76. The van der Waals surface area contributed by atoms with E-state index >= 15 is 0 Å². The maximum atomic E-state index is 12.9. The highest BCUT2D eigenvalue weighted by molar-refractivity contribution is 5.87. The molecular formula is C17H19F3N2O3. The molecule has 2 rings (SSSR count). The van der Waals surface area contributed by atoms with Gasteiger partial charge >= 0.3 is 6.18 Å². The molecule has 0 spiro atoms. The molecule has 8 heteroatoms. The van der Waals surface area contributed by atoms with Gasteiger partial charge < -0.3 is 15.0 Å². The van der Waals surface area contributed by atoms with Gasteiger partial charge in [0, 0.05) is 19.6 Å². The lowest BCUT2D eigenvalue weighted by molar-refractivity contribution is -0.138. The summed E-state index contributed by atoms with van der Waals surface area (Å²) in [7, 11) is 0. The van der Waals surface area contributed by atoms with Gasteiger partial charge in [0.2, 0.25) is 11.8 Å². The smallest absolute Gasteiger partial charge is 0.373 e. The summed E-state index contributed by atoms with van der Waals surface area (Å²) in [4.78, 5) is 25.1. The molecule has 1 N–H and O–H groups in total. The number of morpholine rings is 1. The Morgan fingerprint density at radius 3 is 2.76 bits per heavy atom. The number of benzene rings is 1. The monoisotopic (exact) mass is 356 g/mol. The molecule has 1 aromatic carbocycles. The molecule has 2 amide bonds. The van der Waals surface area contributed by atoms with Gasteiger partial charge in [0.1, 0.15) is 0 Å². The molecule has 136 valence electrons. The molecule has 0 aliphatic carbocycles. The Bertz CT molecular complexity index is 646. The van der Waals surface area contributed by atoms with Gasteiger partial charge in [-0.15, -0.1) is 0 Å². The number of nitrogens with one attached hydrogen (secondary N) is 1. The predicted octanol–water partition coefficient (Wildman–Crippen LogP) is 1.78. The summed E-state index contributed by atoms with van der Waals surface area (Å²) < 4.78 is 44.3. The van der Waals surface area contributed by atoms with Crippen LogP contribution in [0.4, 0.5) is 13.2 Å². The SMILES string of the molecule is C=CC(=O)N1CCOC(CNC(=O)Cc2ccccc2C(F)(F)F)C1. The Morgan fingerprint density at radius 1 is 1.36 bits per heavy atom. The molecule has 1 aromatic rings. The van der Waals surface area contributed by atoms with Gasteiger partial charge in [0.25, 0.3) is 0 Å². The number of nitrogens with zero attached hydrogens (tertiary/aromatic N) is 1. The summed E-state index contributed by atoms with van der Waals surface area (Å²) >= 11 is 0. The van der Waals surface area contributed by atoms with Gasteiger partial charge in [-0.2, -0.15) is 13.2 Å². The average molecular weight is 356 g/mol. The van der Waals surface area contributed by atoms with Crippen molar-refractivity contribution in [3.63, 3.8) is 0 Å². The van der Waals surface area contributed by atoms with Crippen LogP contribution in [0.25, 0.3) is 0 Å². The Labute approximate surface area is 143 Å². The van der Waals surface area contributed by atoms with E-state index < -0.39 is 23.8 Å². The van der Waals surface area contributed by atoms with Gasteiger partial charge in [-0.1, -0.05) is 24.8 Å². The van der Waals surface area contributed by atoms with E-state index in [-0.39, 0.29) is 24.4 Å². The summed E-state index contributed by atoms with van der Waals surface area (Å²) in [5.74, 6) is -0.758. The zero-order chi connectivity index (χ0) is 18.4. The molecule has 25 heavy (non-hydrogen) atoms. The van der Waals surface area contributed by atoms with Crippen molar-refractivity contribution in [3.05, 3.63) is 48.0 Å². The Morgan fingerprint density at radius 2 is 2.08 bits per heavy atom. The van der Waals surface area contributed by atoms with Crippen LogP contribution >= 0.6 is 0 Å². The number of ether oxygens (including phenoxy) is 1. The molecule has 1 fully saturated rings. The van der Waals surface area contributed by atoms with Crippen LogP contribution in [0.15, 0.2) is 36.9 Å². The topological polar surface area (TPSA) is 58.6 Å². The van der Waals surface area contributed by atoms with E-state index in [1.54, 1.807) is 4.90 Å². The number of amides is 2. The molecule has 1 heterocycles. The van der Waals surface area contributed by atoms with Crippen molar-refractivity contribution in [1.82, 2.24) is 10.2 Å². The first-order valence-electron chi connectivity index (χ1n) is 7.76. The number of rotatable bonds is 5. The molecule has 1 unspecified atom stereocenters. The minimum Gasteiger partial charge on any atom is -0.373 e. The number of carbonyl (C=O) groups excluding carboxylic acids is 2. The molecule has 1 aliphatic rings. The lowest BCUT2D eigenvalue weighted by Gasteiger charge is -2.32. The fourth-order valence-corrected chi connectivity index (χ4v) is 2.59. The molecule has 1 aliphatic heterocycles. The summed E-state index contributed by atoms with van der Waals surface area (Å²) in [6, 6.07) is 4.97. The third-order valence-electron chi connectivity index (χ3n) is 3.83. The van der Waals surface area contributed by atoms with E-state index in [2.05, 4.69) is 11.9 Å². The first-order chi connectivity index (χ1) is 11.8. The lowest BCUT2D eigenvalue weighted by Crippen LogP contribution is -2.49. The van der Waals surface area contributed by atoms with E-state index in [0.717, 1.165) is 6.07 Å². The van der Waals surface area contributed by atoms with Crippen molar-refractivity contribution < 1.29 is 27.5 Å². The second kappa shape index (κ2) is 8.15. The zero-order valence-electron chi connectivity index (χ0n) is 13.5. The van der Waals surface area contributed by atoms with Crippen molar-refractivity contribution in [2.45, 2.75) is 18.7 Å². The van der Waals surface area contributed by atoms with E-state index in [9.17, 15) is 22.8 Å². The van der Waals surface area contributed by atoms with Gasteiger partial charge in [-0.3, -0.25) is 9.59 Å². The molecule has 1 saturated heterocycles. The molecule has 5 nitrogen and oxygen atoms in total. The van der Waals surface area contributed by atoms with Crippen LogP contribution in [0.1, 0.15) is 11.1 Å². The largest absolute Gasteiger partial charge is 0.416 e. The highest BCUT2D eigenvalue weighted by Crippen LogP contribution is 2.31. The average Bonchev–Trinajstić information content (AvgIpc) is 2.59. The van der Waals surface area contributed by atoms with Gasteiger partial charge in [-0.25, -0.2) is 0 Å². The Hall–Kier alpha value is -2.35. The van der Waals surface area contributed by atoms with Crippen molar-refractivity contribution in [3.8, 4) is 0 Å². The van der Waals surface area contributed by atoms with E-state index in [1.165, 1.54) is 24.3 Å². The third-order valence-corrected chi connectivity index (χ3v) is 3.83. The summed E-state index contributed by atoms with van der Waals surface area (Å²) in [6.45, 7) is 4.60. The summed E-state index contributed by atoms with van der Waals surface area (Å²) in [6.07, 6.45) is -4.08.